The average Bonchev–Trinajstić information content (AvgIpc) is 2.71. The van der Waals surface area contributed by atoms with Gasteiger partial charge in [0.25, 0.3) is 0 Å². The molecule has 0 amide bonds. The lowest BCUT2D eigenvalue weighted by atomic mass is 9.81. The van der Waals surface area contributed by atoms with Crippen molar-refractivity contribution in [2.24, 2.45) is 0 Å². The van der Waals surface area contributed by atoms with Crippen LogP contribution in [-0.4, -0.2) is 55.8 Å². The van der Waals surface area contributed by atoms with E-state index in [1.165, 1.54) is 0 Å². The lowest BCUT2D eigenvalue weighted by molar-refractivity contribution is 0.233. The summed E-state index contributed by atoms with van der Waals surface area (Å²) in [6.45, 7) is 4.95. The quantitative estimate of drug-likeness (QED) is 0.714. The molecule has 1 saturated carbocycles. The van der Waals surface area contributed by atoms with Crippen LogP contribution in [0.4, 0.5) is 5.82 Å². The zero-order chi connectivity index (χ0) is 19.5. The summed E-state index contributed by atoms with van der Waals surface area (Å²) in [5.41, 5.74) is 0. The molecule has 2 aromatic rings. The van der Waals surface area contributed by atoms with Crippen molar-refractivity contribution in [3.8, 4) is 0 Å². The molecule has 6 heteroatoms. The number of aromatic nitrogens is 1. The molecular weight excluding hydrogens is 370 g/mol. The van der Waals surface area contributed by atoms with Gasteiger partial charge in [-0.05, 0) is 56.5 Å². The number of benzene rings is 1. The molecule has 0 N–H and O–H groups in total. The predicted octanol–water partition coefficient (Wildman–Crippen LogP) is 3.38. The van der Waals surface area contributed by atoms with Crippen molar-refractivity contribution in [1.82, 2.24) is 9.88 Å². The molecule has 1 aromatic carbocycles. The molecule has 4 rings (SSSR count). The molecule has 0 unspecified atom stereocenters. The van der Waals surface area contributed by atoms with Crippen molar-refractivity contribution in [2.75, 3.05) is 37.6 Å². The van der Waals surface area contributed by atoms with Gasteiger partial charge >= 0.3 is 0 Å². The lowest BCUT2D eigenvalue weighted by Crippen LogP contribution is -2.48. The summed E-state index contributed by atoms with van der Waals surface area (Å²) in [4.78, 5) is 9.70. The van der Waals surface area contributed by atoms with E-state index in [2.05, 4.69) is 20.9 Å². The molecule has 0 atom stereocenters. The Morgan fingerprint density at radius 3 is 2.25 bits per heavy atom. The monoisotopic (exact) mass is 399 g/mol. The molecule has 0 spiro atoms. The topological polar surface area (TPSA) is 53.5 Å². The summed E-state index contributed by atoms with van der Waals surface area (Å²) in [5.74, 6) is 1.05. The Balaban J connectivity index is 1.30. The van der Waals surface area contributed by atoms with E-state index in [0.29, 0.717) is 4.90 Å². The standard InChI is InChI=1S/C22H29N3O2S/c26-28(27,20-8-2-1-3-9-20)22(11-6-12-22)13-7-15-24-16-18-25(19-17-24)21-10-4-5-14-23-21/h1-5,8-10,14H,6-7,11-13,15-19H2. The third-order valence-corrected chi connectivity index (χ3v) is 8.99. The zero-order valence-corrected chi connectivity index (χ0v) is 17.2. The van der Waals surface area contributed by atoms with Crippen LogP contribution in [-0.2, 0) is 9.84 Å². The van der Waals surface area contributed by atoms with E-state index in [1.807, 2.05) is 36.5 Å². The van der Waals surface area contributed by atoms with Crippen LogP contribution in [0.25, 0.3) is 0 Å². The first-order valence-electron chi connectivity index (χ1n) is 10.3. The first-order valence-corrected chi connectivity index (χ1v) is 11.8. The molecule has 5 nitrogen and oxygen atoms in total. The molecule has 1 aliphatic heterocycles. The highest BCUT2D eigenvalue weighted by Gasteiger charge is 2.48. The van der Waals surface area contributed by atoms with Crippen LogP contribution in [0.3, 0.4) is 0 Å². The number of piperazine rings is 1. The molecule has 0 bridgehead atoms. The van der Waals surface area contributed by atoms with E-state index in [4.69, 9.17) is 0 Å². The maximum Gasteiger partial charge on any atom is 0.184 e. The minimum atomic E-state index is -3.25. The van der Waals surface area contributed by atoms with E-state index < -0.39 is 14.6 Å². The van der Waals surface area contributed by atoms with Crippen LogP contribution in [0.15, 0.2) is 59.6 Å². The number of nitrogens with zero attached hydrogens (tertiary/aromatic N) is 3. The number of sulfone groups is 1. The van der Waals surface area contributed by atoms with Crippen LogP contribution in [0, 0.1) is 0 Å². The van der Waals surface area contributed by atoms with Crippen LogP contribution in [0.5, 0.6) is 0 Å². The fraction of sp³-hybridized carbons (Fsp3) is 0.500. The highest BCUT2D eigenvalue weighted by molar-refractivity contribution is 7.93. The molecule has 28 heavy (non-hydrogen) atoms. The molecule has 2 fully saturated rings. The third-order valence-electron chi connectivity index (χ3n) is 6.34. The Hall–Kier alpha value is -1.92. The van der Waals surface area contributed by atoms with Crippen molar-refractivity contribution in [3.63, 3.8) is 0 Å². The van der Waals surface area contributed by atoms with Crippen molar-refractivity contribution in [1.29, 1.82) is 0 Å². The summed E-state index contributed by atoms with van der Waals surface area (Å²) in [6, 6.07) is 15.0. The summed E-state index contributed by atoms with van der Waals surface area (Å²) in [6.07, 6.45) is 6.18. The first-order chi connectivity index (χ1) is 13.6. The SMILES string of the molecule is O=S(=O)(c1ccccc1)C1(CCCN2CCN(c3ccccn3)CC2)CCC1. The number of hydrogen-bond donors (Lipinski definition) is 0. The molecule has 150 valence electrons. The number of rotatable bonds is 7. The second-order valence-electron chi connectivity index (χ2n) is 7.97. The minimum Gasteiger partial charge on any atom is -0.354 e. The van der Waals surface area contributed by atoms with Crippen LogP contribution < -0.4 is 4.90 Å². The normalized spacial score (nSPS) is 19.9. The lowest BCUT2D eigenvalue weighted by Gasteiger charge is -2.42. The molecule has 0 radical (unpaired) electrons. The number of hydrogen-bond acceptors (Lipinski definition) is 5. The average molecular weight is 400 g/mol. The summed E-state index contributed by atoms with van der Waals surface area (Å²) < 4.78 is 25.8. The largest absolute Gasteiger partial charge is 0.354 e. The fourth-order valence-electron chi connectivity index (χ4n) is 4.44. The van der Waals surface area contributed by atoms with Gasteiger partial charge < -0.3 is 4.90 Å². The van der Waals surface area contributed by atoms with Gasteiger partial charge in [-0.2, -0.15) is 0 Å². The van der Waals surface area contributed by atoms with Crippen LogP contribution in [0.2, 0.25) is 0 Å². The van der Waals surface area contributed by atoms with E-state index in [9.17, 15) is 8.42 Å². The van der Waals surface area contributed by atoms with E-state index in [-0.39, 0.29) is 0 Å². The van der Waals surface area contributed by atoms with Gasteiger partial charge in [0.1, 0.15) is 5.82 Å². The molecule has 2 aliphatic rings. The van der Waals surface area contributed by atoms with Gasteiger partial charge in [0.05, 0.1) is 9.64 Å². The van der Waals surface area contributed by atoms with Gasteiger partial charge in [0.2, 0.25) is 0 Å². The van der Waals surface area contributed by atoms with Gasteiger partial charge in [-0.15, -0.1) is 0 Å². The maximum absolute atomic E-state index is 13.2. The van der Waals surface area contributed by atoms with Crippen LogP contribution >= 0.6 is 0 Å². The van der Waals surface area contributed by atoms with Gasteiger partial charge in [0.15, 0.2) is 9.84 Å². The molecule has 1 aromatic heterocycles. The van der Waals surface area contributed by atoms with Gasteiger partial charge in [-0.25, -0.2) is 13.4 Å². The number of pyridine rings is 1. The summed E-state index contributed by atoms with van der Waals surface area (Å²) >= 11 is 0. The Labute approximate surface area is 168 Å². The van der Waals surface area contributed by atoms with Crippen molar-refractivity contribution in [3.05, 3.63) is 54.7 Å². The van der Waals surface area contributed by atoms with Gasteiger partial charge in [-0.1, -0.05) is 30.7 Å². The Morgan fingerprint density at radius 1 is 0.929 bits per heavy atom. The highest BCUT2D eigenvalue weighted by Crippen LogP contribution is 2.46. The molecule has 1 aliphatic carbocycles. The van der Waals surface area contributed by atoms with Crippen molar-refractivity contribution in [2.45, 2.75) is 41.7 Å². The fourth-order valence-corrected chi connectivity index (χ4v) is 6.69. The van der Waals surface area contributed by atoms with Gasteiger partial charge in [-0.3, -0.25) is 4.90 Å². The summed E-state index contributed by atoms with van der Waals surface area (Å²) in [5, 5.41) is 0. The van der Waals surface area contributed by atoms with Crippen LogP contribution in [0.1, 0.15) is 32.1 Å². The zero-order valence-electron chi connectivity index (χ0n) is 16.3. The van der Waals surface area contributed by atoms with Gasteiger partial charge in [0, 0.05) is 32.4 Å². The molecule has 1 saturated heterocycles. The third kappa shape index (κ3) is 3.80. The number of anilines is 1. The second-order valence-corrected chi connectivity index (χ2v) is 10.3. The molecular formula is C22H29N3O2S. The molecule has 2 heterocycles. The minimum absolute atomic E-state index is 0.485. The highest BCUT2D eigenvalue weighted by atomic mass is 32.2. The van der Waals surface area contributed by atoms with E-state index in [1.54, 1.807) is 12.1 Å². The van der Waals surface area contributed by atoms with E-state index >= 15 is 0 Å². The predicted molar refractivity (Wildman–Crippen MR) is 112 cm³/mol. The second kappa shape index (κ2) is 8.21. The Morgan fingerprint density at radius 2 is 1.64 bits per heavy atom. The Bertz CT molecular complexity index is 859. The Kier molecular flexibility index (Phi) is 5.69. The van der Waals surface area contributed by atoms with E-state index in [0.717, 1.165) is 70.6 Å². The summed E-state index contributed by atoms with van der Waals surface area (Å²) in [7, 11) is -3.25. The first kappa shape index (κ1) is 19.4. The maximum atomic E-state index is 13.2. The van der Waals surface area contributed by atoms with Crippen molar-refractivity contribution >= 4 is 15.7 Å². The smallest absolute Gasteiger partial charge is 0.184 e. The van der Waals surface area contributed by atoms with Crippen molar-refractivity contribution < 1.29 is 8.42 Å².